The van der Waals surface area contributed by atoms with Crippen molar-refractivity contribution < 1.29 is 0 Å². The Bertz CT molecular complexity index is 8160. The molecule has 0 saturated carbocycles. The van der Waals surface area contributed by atoms with Gasteiger partial charge in [-0.15, -0.1) is 22.7 Å². The van der Waals surface area contributed by atoms with E-state index >= 15 is 0 Å². The highest BCUT2D eigenvalue weighted by Gasteiger charge is 2.24. The number of para-hydroxylation sites is 2. The van der Waals surface area contributed by atoms with Crippen molar-refractivity contribution in [2.45, 2.75) is 0 Å². The van der Waals surface area contributed by atoms with Crippen LogP contribution in [0.15, 0.2) is 449 Å². The average Bonchev–Trinajstić information content (AvgIpc) is 1.59. The summed E-state index contributed by atoms with van der Waals surface area (Å²) in [6.45, 7) is 0. The number of aromatic nitrogens is 8. The Morgan fingerprint density at radius 1 is 0.146 bits per heavy atom. The third-order valence-electron chi connectivity index (χ3n) is 25.4. The van der Waals surface area contributed by atoms with Crippen molar-refractivity contribution in [2.24, 2.45) is 0 Å². The first-order chi connectivity index (χ1) is 64.4. The Morgan fingerprint density at radius 2 is 0.400 bits per heavy atom. The summed E-state index contributed by atoms with van der Waals surface area (Å²) in [5, 5.41) is 9.83. The molecule has 0 bridgehead atoms. The maximum atomic E-state index is 5.06. The van der Waals surface area contributed by atoms with E-state index in [1.165, 1.54) is 73.0 Å². The van der Waals surface area contributed by atoms with E-state index in [-0.39, 0.29) is 0 Å². The van der Waals surface area contributed by atoms with Crippen LogP contribution in [-0.2, 0) is 0 Å². The van der Waals surface area contributed by atoms with Gasteiger partial charge in [0.15, 0.2) is 34.9 Å². The number of rotatable bonds is 16. The van der Waals surface area contributed by atoms with Crippen molar-refractivity contribution in [1.29, 1.82) is 0 Å². The lowest BCUT2D eigenvalue weighted by atomic mass is 9.94. The van der Waals surface area contributed by atoms with Crippen LogP contribution in [0.2, 0.25) is 0 Å². The molecule has 0 saturated heterocycles. The monoisotopic (exact) mass is 1690 g/mol. The van der Waals surface area contributed by atoms with Gasteiger partial charge in [0.1, 0.15) is 0 Å². The van der Waals surface area contributed by atoms with E-state index in [0.717, 1.165) is 145 Å². The lowest BCUT2D eigenvalue weighted by Gasteiger charge is -2.13. The molecule has 0 unspecified atom stereocenters. The maximum absolute atomic E-state index is 5.06. The predicted octanol–water partition coefficient (Wildman–Crippen LogP) is 32.3. The fourth-order valence-electron chi connectivity index (χ4n) is 19.0. The Kier molecular flexibility index (Phi) is 18.5. The summed E-state index contributed by atoms with van der Waals surface area (Å²) < 4.78 is 9.96. The molecule has 25 rings (SSSR count). The summed E-state index contributed by atoms with van der Waals surface area (Å²) in [5.74, 6) is 3.80. The van der Waals surface area contributed by atoms with Crippen molar-refractivity contribution in [2.75, 3.05) is 0 Å². The molecule has 0 aliphatic rings. The molecular formula is C120H74N8S2. The topological polar surface area (TPSA) is 87.2 Å². The maximum Gasteiger partial charge on any atom is 0.164 e. The zero-order valence-corrected chi connectivity index (χ0v) is 71.8. The van der Waals surface area contributed by atoms with E-state index in [9.17, 15) is 0 Å². The van der Waals surface area contributed by atoms with E-state index in [1.54, 1.807) is 0 Å². The van der Waals surface area contributed by atoms with Gasteiger partial charge in [-0.05, 0) is 193 Å². The van der Waals surface area contributed by atoms with Gasteiger partial charge in [-0.3, -0.25) is 0 Å². The van der Waals surface area contributed by atoms with Gasteiger partial charge >= 0.3 is 0 Å². The molecule has 19 aromatic carbocycles. The quantitative estimate of drug-likeness (QED) is 0.0958. The fraction of sp³-hybridized carbons (Fsp3) is 0. The van der Waals surface area contributed by atoms with Gasteiger partial charge in [0.05, 0.1) is 22.1 Å². The molecule has 0 radical (unpaired) electrons. The van der Waals surface area contributed by atoms with Crippen LogP contribution >= 0.6 is 22.7 Å². The van der Waals surface area contributed by atoms with Crippen LogP contribution in [-0.4, -0.2) is 39.0 Å². The van der Waals surface area contributed by atoms with Gasteiger partial charge in [-0.25, -0.2) is 29.9 Å². The summed E-state index contributed by atoms with van der Waals surface area (Å²) in [7, 11) is 0. The molecule has 0 amide bonds. The van der Waals surface area contributed by atoms with Gasteiger partial charge in [-0.2, -0.15) is 0 Å². The molecular weight excluding hydrogens is 1620 g/mol. The fourth-order valence-corrected chi connectivity index (χ4v) is 21.5. The van der Waals surface area contributed by atoms with Gasteiger partial charge in [-0.1, -0.05) is 334 Å². The van der Waals surface area contributed by atoms with Crippen LogP contribution in [0.4, 0.5) is 0 Å². The number of benzene rings is 19. The molecule has 25 aromatic rings. The molecule has 0 fully saturated rings. The van der Waals surface area contributed by atoms with Gasteiger partial charge in [0.2, 0.25) is 0 Å². The van der Waals surface area contributed by atoms with Gasteiger partial charge in [0.25, 0.3) is 0 Å². The molecule has 606 valence electrons. The summed E-state index contributed by atoms with van der Waals surface area (Å²) >= 11 is 3.73. The van der Waals surface area contributed by atoms with Crippen LogP contribution < -0.4 is 0 Å². The Morgan fingerprint density at radius 3 is 0.777 bits per heavy atom. The second-order valence-electron chi connectivity index (χ2n) is 33.2. The SMILES string of the molecule is c1ccc(-c2nc(-c3ccccc3)nc(-c3cccc(-c4ccc(-c5cc(-c6cccc(-n7c8ccccc8c8cc(-c9cccc(-c%10ccc%11c(c%10)c%10ccccc%10n%11-c%10cccc(-c%11cc(-c%12ccc(-c%13cccc(-c%14nc(-c%15ccccc%15)nc(-c%15ccccc%15)n%14)c%13)cc%12)c%12sc%13ccccc%13c%12c%11)c%10)c9)ccc87)c6)cc6c5sc5ccccc56)cc4)c3)n2)cc1. The van der Waals surface area contributed by atoms with Crippen molar-refractivity contribution >= 4 is 107 Å². The molecule has 0 aliphatic carbocycles. The van der Waals surface area contributed by atoms with E-state index < -0.39 is 0 Å². The zero-order valence-electron chi connectivity index (χ0n) is 70.1. The molecule has 0 spiro atoms. The Hall–Kier alpha value is -16.8. The number of thiophene rings is 2. The summed E-state index contributed by atoms with van der Waals surface area (Å²) in [6.07, 6.45) is 0. The Balaban J connectivity index is 0.514. The largest absolute Gasteiger partial charge is 0.309 e. The first-order valence-corrected chi connectivity index (χ1v) is 45.5. The molecule has 8 nitrogen and oxygen atoms in total. The van der Waals surface area contributed by atoms with E-state index in [2.05, 4.69) is 337 Å². The van der Waals surface area contributed by atoms with Crippen LogP contribution in [0.1, 0.15) is 0 Å². The first kappa shape index (κ1) is 75.7. The molecule has 6 aromatic heterocycles. The minimum Gasteiger partial charge on any atom is -0.309 e. The third kappa shape index (κ3) is 13.6. The van der Waals surface area contributed by atoms with Crippen LogP contribution in [0.25, 0.3) is 253 Å². The molecule has 10 heteroatoms. The number of hydrogen-bond donors (Lipinski definition) is 0. The normalized spacial score (nSPS) is 11.7. The summed E-state index contributed by atoms with van der Waals surface area (Å²) in [4.78, 5) is 30.2. The predicted molar refractivity (Wildman–Crippen MR) is 544 cm³/mol. The number of fused-ring (bicyclic) bond motifs is 12. The molecule has 6 heterocycles. The molecule has 0 aliphatic heterocycles. The highest BCUT2D eigenvalue weighted by atomic mass is 32.1. The smallest absolute Gasteiger partial charge is 0.164 e. The minimum atomic E-state index is 0.626. The minimum absolute atomic E-state index is 0.626. The first-order valence-electron chi connectivity index (χ1n) is 43.8. The summed E-state index contributed by atoms with van der Waals surface area (Å²) in [6, 6.07) is 162. The van der Waals surface area contributed by atoms with Crippen molar-refractivity contribution in [1.82, 2.24) is 39.0 Å². The van der Waals surface area contributed by atoms with Crippen LogP contribution in [0, 0.1) is 0 Å². The van der Waals surface area contributed by atoms with Crippen LogP contribution in [0.5, 0.6) is 0 Å². The molecule has 130 heavy (non-hydrogen) atoms. The second kappa shape index (κ2) is 31.7. The number of hydrogen-bond acceptors (Lipinski definition) is 8. The van der Waals surface area contributed by atoms with E-state index in [0.29, 0.717) is 34.9 Å². The standard InChI is InChI=1S/C120H74N8S2/c1-5-26-79(27-6-1)115-121-116(80-28-7-2-8-29-80)124-119(123-115)91-40-22-34-83(65-91)75-52-56-77(57-53-75)101-71-93(73-105-99-46-15-19-50-111(99)129-113(101)105)87-38-24-42-95(67-87)127-107-48-17-13-44-97(107)103-69-89(60-62-109(103)127)85-36-21-37-86(64-85)90-61-63-110-104(70-90)98-45-14-18-49-108(98)128(110)96-43-25-39-88(68-96)94-72-102(114-106(74-94)100-47-16-20-51-112(100)130-114)78-58-54-76(55-59-78)84-35-23-41-92(66-84)120-125-117(81-30-9-3-10-31-81)122-118(126-120)82-32-11-4-12-33-82/h1-74H. The third-order valence-corrected chi connectivity index (χ3v) is 27.8. The Labute approximate surface area is 757 Å². The highest BCUT2D eigenvalue weighted by molar-refractivity contribution is 7.26. The zero-order chi connectivity index (χ0) is 85.7. The van der Waals surface area contributed by atoms with E-state index in [4.69, 9.17) is 29.9 Å². The van der Waals surface area contributed by atoms with Gasteiger partial charge in [0, 0.05) is 118 Å². The van der Waals surface area contributed by atoms with Gasteiger partial charge < -0.3 is 9.13 Å². The van der Waals surface area contributed by atoms with Crippen LogP contribution in [0.3, 0.4) is 0 Å². The van der Waals surface area contributed by atoms with Crippen molar-refractivity contribution in [3.05, 3.63) is 449 Å². The summed E-state index contributed by atoms with van der Waals surface area (Å²) in [5.41, 5.74) is 30.7. The van der Waals surface area contributed by atoms with Crippen molar-refractivity contribution in [3.63, 3.8) is 0 Å². The second-order valence-corrected chi connectivity index (χ2v) is 35.3. The number of nitrogens with zero attached hydrogens (tertiary/aromatic N) is 8. The van der Waals surface area contributed by atoms with Crippen molar-refractivity contribution in [3.8, 4) is 169 Å². The lowest BCUT2D eigenvalue weighted by Crippen LogP contribution is -2.00. The van der Waals surface area contributed by atoms with E-state index in [1.807, 2.05) is 144 Å². The lowest BCUT2D eigenvalue weighted by molar-refractivity contribution is 1.07. The molecule has 0 N–H and O–H groups in total. The average molecular weight is 1690 g/mol. The highest BCUT2D eigenvalue weighted by Crippen LogP contribution is 2.48. The molecule has 0 atom stereocenters.